The van der Waals surface area contributed by atoms with Crippen LogP contribution in [-0.4, -0.2) is 125 Å². The lowest BCUT2D eigenvalue weighted by molar-refractivity contribution is 0.0682. The average molecular weight is 1020 g/mol. The number of methoxy groups -OCH3 is 1. The first-order chi connectivity index (χ1) is 32.5. The smallest absolute Gasteiger partial charge is 0.358 e. The topological polar surface area (TPSA) is 438 Å². The highest BCUT2D eigenvalue weighted by atomic mass is 32.2. The number of aromatic carboxylic acids is 2. The maximum Gasteiger partial charge on any atom is 0.358 e. The van der Waals surface area contributed by atoms with Crippen LogP contribution in [0.5, 0.6) is 28.9 Å². The second kappa shape index (κ2) is 20.1. The Balaban J connectivity index is 1.48. The maximum atomic E-state index is 12.9. The lowest BCUT2D eigenvalue weighted by atomic mass is 10.1. The molecule has 31 heteroatoms. The van der Waals surface area contributed by atoms with E-state index in [1.807, 2.05) is 0 Å². The molecule has 0 bridgehead atoms. The fourth-order valence-corrected chi connectivity index (χ4v) is 7.83. The van der Waals surface area contributed by atoms with Gasteiger partial charge in [-0.2, -0.15) is 35.0 Å². The van der Waals surface area contributed by atoms with Gasteiger partial charge in [-0.1, -0.05) is 12.1 Å². The SMILES string of the molecule is COc1ccc(N=Nc2cc(OCCO)c(N=Nc3c(S(=O)(=O)O)cc4c(-n5nc(C(=O)O)c(N=Nc6ccc(S(=O)(=O)O)cc6C(=O)O)c5O)cccc4c3O)cc2OCCO)c(S(=O)(=O)O)c1. The molecule has 0 aliphatic rings. The van der Waals surface area contributed by atoms with Gasteiger partial charge in [-0.15, -0.1) is 30.7 Å². The second-order valence-corrected chi connectivity index (χ2v) is 17.7. The minimum absolute atomic E-state index is 0.0485. The number of aromatic nitrogens is 2. The van der Waals surface area contributed by atoms with Gasteiger partial charge in [0.05, 0.1) is 36.5 Å². The average Bonchev–Trinajstić information content (AvgIpc) is 3.62. The van der Waals surface area contributed by atoms with Crippen LogP contribution in [0.15, 0.2) is 118 Å². The van der Waals surface area contributed by atoms with Gasteiger partial charge in [-0.3, -0.25) is 13.7 Å². The molecule has 0 saturated carbocycles. The molecule has 0 amide bonds. The van der Waals surface area contributed by atoms with Crippen molar-refractivity contribution in [1.29, 1.82) is 0 Å². The minimum atomic E-state index is -5.39. The number of benzene rings is 5. The van der Waals surface area contributed by atoms with Gasteiger partial charge in [0.15, 0.2) is 11.4 Å². The van der Waals surface area contributed by atoms with Crippen LogP contribution in [0.25, 0.3) is 16.5 Å². The Hall–Kier alpha value is -8.04. The standard InChI is InChI=1S/C38H32N8O20S3/c1-64-18-5-7-24(30(13-18)68(58,59)60)40-41-25-16-29(66-12-10-48)26(17-28(25)65-11-9-47)42-43-32-31(69(61,62)63)15-21-20(35(32)49)3-2-4-27(21)46-36(50)33(34(45-46)38(53)54)44-39-23-8-6-19(67(55,56)57)14-22(23)37(51)52/h2-8,13-17,47-50H,9-12H2,1H3,(H,51,52)(H,53,54)(H,55,56,57)(H,58,59,60)(H,61,62,63). The third kappa shape index (κ3) is 11.1. The monoisotopic (exact) mass is 1020 g/mol. The Bertz CT molecular complexity index is 3490. The molecule has 1 heterocycles. The molecule has 0 atom stereocenters. The van der Waals surface area contributed by atoms with Gasteiger partial charge >= 0.3 is 11.9 Å². The number of aliphatic hydroxyl groups is 2. The Morgan fingerprint density at radius 1 is 0.623 bits per heavy atom. The van der Waals surface area contributed by atoms with Crippen molar-refractivity contribution in [2.24, 2.45) is 30.7 Å². The van der Waals surface area contributed by atoms with Crippen molar-refractivity contribution in [3.05, 3.63) is 84.1 Å². The number of azo groups is 3. The molecule has 362 valence electrons. The number of hydrogen-bond donors (Lipinski definition) is 9. The van der Waals surface area contributed by atoms with E-state index in [0.29, 0.717) is 10.7 Å². The van der Waals surface area contributed by atoms with Crippen LogP contribution in [-0.2, 0) is 30.4 Å². The largest absolute Gasteiger partial charge is 0.505 e. The Labute approximate surface area is 386 Å². The van der Waals surface area contributed by atoms with Gasteiger partial charge < -0.3 is 44.8 Å². The summed E-state index contributed by atoms with van der Waals surface area (Å²) in [6, 6.07) is 12.1. The molecule has 0 aliphatic carbocycles. The summed E-state index contributed by atoms with van der Waals surface area (Å²) in [6.07, 6.45) is 0. The van der Waals surface area contributed by atoms with E-state index in [9.17, 15) is 79.1 Å². The number of carboxylic acid groups (broad SMARTS) is 2. The number of rotatable bonds is 19. The molecule has 0 saturated heterocycles. The van der Waals surface area contributed by atoms with Crippen LogP contribution >= 0.6 is 0 Å². The molecule has 0 spiro atoms. The molecular formula is C38H32N8O20S3. The number of carbonyl (C=O) groups is 2. The third-order valence-electron chi connectivity index (χ3n) is 9.08. The summed E-state index contributed by atoms with van der Waals surface area (Å²) in [4.78, 5) is 21.5. The molecule has 1 aromatic heterocycles. The molecule has 9 N–H and O–H groups in total. The van der Waals surface area contributed by atoms with Gasteiger partial charge in [-0.25, -0.2) is 9.59 Å². The Morgan fingerprint density at radius 3 is 1.74 bits per heavy atom. The molecule has 69 heavy (non-hydrogen) atoms. The number of aliphatic hydroxyl groups excluding tert-OH is 2. The number of aromatic hydroxyl groups is 2. The first-order valence-electron chi connectivity index (χ1n) is 18.7. The first-order valence-corrected chi connectivity index (χ1v) is 23.0. The number of phenolic OH excluding ortho intramolecular Hbond substituents is 1. The number of ether oxygens (including phenoxy) is 3. The summed E-state index contributed by atoms with van der Waals surface area (Å²) in [7, 11) is -13.9. The van der Waals surface area contributed by atoms with Gasteiger partial charge in [0, 0.05) is 29.0 Å². The van der Waals surface area contributed by atoms with Crippen LogP contribution < -0.4 is 14.2 Å². The molecular weight excluding hydrogens is 985 g/mol. The van der Waals surface area contributed by atoms with Crippen molar-refractivity contribution in [3.8, 4) is 34.6 Å². The van der Waals surface area contributed by atoms with Crippen molar-refractivity contribution < 1.29 is 93.4 Å². The van der Waals surface area contributed by atoms with E-state index in [1.54, 1.807) is 0 Å². The molecule has 0 aliphatic heterocycles. The van der Waals surface area contributed by atoms with Crippen LogP contribution in [0, 0.1) is 0 Å². The summed E-state index contributed by atoms with van der Waals surface area (Å²) in [6.45, 7) is -1.89. The highest BCUT2D eigenvalue weighted by Gasteiger charge is 2.29. The summed E-state index contributed by atoms with van der Waals surface area (Å²) >= 11 is 0. The quantitative estimate of drug-likeness (QED) is 0.0353. The predicted molar refractivity (Wildman–Crippen MR) is 231 cm³/mol. The van der Waals surface area contributed by atoms with Crippen molar-refractivity contribution >= 4 is 87.2 Å². The number of phenols is 1. The fourth-order valence-electron chi connectivity index (χ4n) is 6.04. The maximum absolute atomic E-state index is 12.9. The number of fused-ring (bicyclic) bond motifs is 1. The van der Waals surface area contributed by atoms with Gasteiger partial charge in [0.2, 0.25) is 11.6 Å². The first kappa shape index (κ1) is 50.4. The molecule has 6 aromatic rings. The van der Waals surface area contributed by atoms with Crippen LogP contribution in [0.3, 0.4) is 0 Å². The molecule has 0 radical (unpaired) electrons. The summed E-state index contributed by atoms with van der Waals surface area (Å²) in [5.74, 6) is -6.12. The zero-order valence-electron chi connectivity index (χ0n) is 34.6. The fraction of sp³-hybridized carbons (Fsp3) is 0.132. The summed E-state index contributed by atoms with van der Waals surface area (Å²) in [5, 5.41) is 87.6. The van der Waals surface area contributed by atoms with Crippen LogP contribution in [0.1, 0.15) is 20.8 Å². The van der Waals surface area contributed by atoms with Crippen molar-refractivity contribution in [1.82, 2.24) is 9.78 Å². The second-order valence-electron chi connectivity index (χ2n) is 13.5. The Morgan fingerprint density at radius 2 is 1.19 bits per heavy atom. The van der Waals surface area contributed by atoms with E-state index in [0.717, 1.165) is 48.5 Å². The van der Waals surface area contributed by atoms with Crippen LogP contribution in [0.2, 0.25) is 0 Å². The van der Waals surface area contributed by atoms with E-state index in [-0.39, 0.29) is 57.4 Å². The normalized spacial score (nSPS) is 12.4. The molecule has 0 unspecified atom stereocenters. The highest BCUT2D eigenvalue weighted by Crippen LogP contribution is 2.47. The lowest BCUT2D eigenvalue weighted by Crippen LogP contribution is -2.04. The van der Waals surface area contributed by atoms with E-state index >= 15 is 0 Å². The third-order valence-corrected chi connectivity index (χ3v) is 11.7. The molecule has 6 rings (SSSR count). The predicted octanol–water partition coefficient (Wildman–Crippen LogP) is 5.57. The summed E-state index contributed by atoms with van der Waals surface area (Å²) < 4.78 is 119. The molecule has 28 nitrogen and oxygen atoms in total. The molecule has 0 fully saturated rings. The van der Waals surface area contributed by atoms with E-state index in [2.05, 4.69) is 35.8 Å². The Kier molecular flexibility index (Phi) is 14.6. The van der Waals surface area contributed by atoms with Crippen molar-refractivity contribution in [3.63, 3.8) is 0 Å². The number of carboxylic acids is 2. The van der Waals surface area contributed by atoms with E-state index in [4.69, 9.17) is 14.2 Å². The van der Waals surface area contributed by atoms with Gasteiger partial charge in [0.25, 0.3) is 30.4 Å². The van der Waals surface area contributed by atoms with E-state index < -0.39 is 117 Å². The van der Waals surface area contributed by atoms with Crippen LogP contribution in [0.4, 0.5) is 34.1 Å². The zero-order valence-corrected chi connectivity index (χ0v) is 37.0. The van der Waals surface area contributed by atoms with Crippen molar-refractivity contribution in [2.45, 2.75) is 14.7 Å². The van der Waals surface area contributed by atoms with Crippen molar-refractivity contribution in [2.75, 3.05) is 33.5 Å². The van der Waals surface area contributed by atoms with E-state index in [1.165, 1.54) is 25.3 Å². The number of hydrogen-bond acceptors (Lipinski definition) is 22. The highest BCUT2D eigenvalue weighted by molar-refractivity contribution is 7.86. The van der Waals surface area contributed by atoms with Gasteiger partial charge in [0.1, 0.15) is 68.7 Å². The number of nitrogens with zero attached hydrogens (tertiary/aromatic N) is 8. The zero-order chi connectivity index (χ0) is 50.6. The molecule has 5 aromatic carbocycles. The summed E-state index contributed by atoms with van der Waals surface area (Å²) in [5.41, 5.74) is -5.50. The lowest BCUT2D eigenvalue weighted by Gasteiger charge is -2.14. The minimum Gasteiger partial charge on any atom is -0.505 e. The van der Waals surface area contributed by atoms with Gasteiger partial charge in [-0.05, 0) is 42.5 Å².